The van der Waals surface area contributed by atoms with E-state index in [1.165, 1.54) is 17.8 Å². The lowest BCUT2D eigenvalue weighted by atomic mass is 10.3. The first-order valence-electron chi connectivity index (χ1n) is 5.19. The van der Waals surface area contributed by atoms with Crippen molar-refractivity contribution in [2.24, 2.45) is 5.84 Å². The van der Waals surface area contributed by atoms with E-state index in [4.69, 9.17) is 5.84 Å². The summed E-state index contributed by atoms with van der Waals surface area (Å²) >= 11 is 1.19. The summed E-state index contributed by atoms with van der Waals surface area (Å²) in [5.41, 5.74) is 3.17. The number of anilines is 1. The first kappa shape index (κ1) is 12.8. The van der Waals surface area contributed by atoms with Crippen LogP contribution in [-0.2, 0) is 5.75 Å². The highest BCUT2D eigenvalue weighted by molar-refractivity contribution is 7.98. The molecule has 0 spiro atoms. The Morgan fingerprint density at radius 1 is 1.22 bits per heavy atom. The van der Waals surface area contributed by atoms with Crippen molar-refractivity contribution < 1.29 is 8.78 Å². The Morgan fingerprint density at radius 3 is 2.83 bits per heavy atom. The minimum atomic E-state index is -0.454. The molecule has 18 heavy (non-hydrogen) atoms. The average molecular weight is 267 g/mol. The molecule has 2 rings (SSSR count). The van der Waals surface area contributed by atoms with Crippen molar-refractivity contribution in [2.45, 2.75) is 10.6 Å². The summed E-state index contributed by atoms with van der Waals surface area (Å²) in [4.78, 5) is 4.45. The first-order chi connectivity index (χ1) is 8.69. The molecule has 3 nitrogen and oxygen atoms in total. The Balaban J connectivity index is 2.08. The monoisotopic (exact) mass is 267 g/mol. The van der Waals surface area contributed by atoms with Gasteiger partial charge in [-0.15, -0.1) is 11.8 Å². The minimum absolute atomic E-state index is 0.267. The van der Waals surface area contributed by atoms with E-state index in [2.05, 4.69) is 10.4 Å². The van der Waals surface area contributed by atoms with E-state index in [9.17, 15) is 8.78 Å². The quantitative estimate of drug-likeness (QED) is 0.508. The normalized spacial score (nSPS) is 10.4. The Hall–Kier alpha value is -1.66. The maximum absolute atomic E-state index is 13.4. The molecule has 0 saturated heterocycles. The number of thioether (sulfide) groups is 1. The van der Waals surface area contributed by atoms with E-state index in [0.29, 0.717) is 11.6 Å². The van der Waals surface area contributed by atoms with Crippen LogP contribution in [0, 0.1) is 11.6 Å². The van der Waals surface area contributed by atoms with Gasteiger partial charge in [0.1, 0.15) is 17.5 Å². The summed E-state index contributed by atoms with van der Waals surface area (Å²) in [6.07, 6.45) is 0. The fourth-order valence-corrected chi connectivity index (χ4v) is 2.25. The second kappa shape index (κ2) is 5.79. The number of aromatic nitrogens is 1. The lowest BCUT2D eigenvalue weighted by Gasteiger charge is -2.05. The van der Waals surface area contributed by atoms with Gasteiger partial charge in [-0.25, -0.2) is 19.6 Å². The molecule has 0 aliphatic rings. The van der Waals surface area contributed by atoms with Crippen LogP contribution in [-0.4, -0.2) is 4.98 Å². The molecule has 0 radical (unpaired) electrons. The predicted octanol–water partition coefficient (Wildman–Crippen LogP) is 2.94. The Bertz CT molecular complexity index is 549. The lowest BCUT2D eigenvalue weighted by molar-refractivity contribution is 0.577. The number of halogens is 2. The van der Waals surface area contributed by atoms with Crippen molar-refractivity contribution in [3.8, 4) is 0 Å². The van der Waals surface area contributed by atoms with Gasteiger partial charge in [0.25, 0.3) is 0 Å². The maximum Gasteiger partial charge on any atom is 0.140 e. The van der Waals surface area contributed by atoms with E-state index < -0.39 is 11.6 Å². The maximum atomic E-state index is 13.4. The van der Waals surface area contributed by atoms with E-state index in [1.807, 2.05) is 0 Å². The van der Waals surface area contributed by atoms with Crippen molar-refractivity contribution in [3.63, 3.8) is 0 Å². The minimum Gasteiger partial charge on any atom is -0.308 e. The van der Waals surface area contributed by atoms with Crippen molar-refractivity contribution in [1.29, 1.82) is 0 Å². The molecule has 0 aliphatic heterocycles. The molecule has 0 bridgehead atoms. The van der Waals surface area contributed by atoms with Crippen molar-refractivity contribution >= 4 is 17.6 Å². The molecule has 6 heteroatoms. The molecule has 0 aliphatic carbocycles. The standard InChI is InChI=1S/C12H11F2N3S/c13-8-4-5-10(14)11(6-8)18-7-9-2-1-3-12(16-9)17-15/h1-6H,7,15H2,(H,16,17). The van der Waals surface area contributed by atoms with Crippen LogP contribution in [0.5, 0.6) is 0 Å². The molecule has 0 amide bonds. The summed E-state index contributed by atoms with van der Waals surface area (Å²) < 4.78 is 26.3. The molecule has 0 unspecified atom stereocenters. The average Bonchev–Trinajstić information content (AvgIpc) is 2.40. The fraction of sp³-hybridized carbons (Fsp3) is 0.0833. The topological polar surface area (TPSA) is 50.9 Å². The molecule has 0 atom stereocenters. The van der Waals surface area contributed by atoms with Gasteiger partial charge in [-0.3, -0.25) is 0 Å². The molecule has 0 fully saturated rings. The molecule has 3 N–H and O–H groups in total. The van der Waals surface area contributed by atoms with Gasteiger partial charge < -0.3 is 5.43 Å². The van der Waals surface area contributed by atoms with Crippen LogP contribution in [0.4, 0.5) is 14.6 Å². The Kier molecular flexibility index (Phi) is 4.11. The molecule has 1 aromatic carbocycles. The van der Waals surface area contributed by atoms with Crippen molar-refractivity contribution in [3.05, 3.63) is 53.7 Å². The third kappa shape index (κ3) is 3.18. The number of hydrazine groups is 1. The van der Waals surface area contributed by atoms with Gasteiger partial charge in [0.05, 0.1) is 5.69 Å². The van der Waals surface area contributed by atoms with Gasteiger partial charge in [-0.05, 0) is 30.3 Å². The predicted molar refractivity (Wildman–Crippen MR) is 68.0 cm³/mol. The smallest absolute Gasteiger partial charge is 0.140 e. The third-order valence-electron chi connectivity index (χ3n) is 2.22. The SMILES string of the molecule is NNc1cccc(CSc2cc(F)ccc2F)n1. The molecule has 0 saturated carbocycles. The number of hydrogen-bond acceptors (Lipinski definition) is 4. The van der Waals surface area contributed by atoms with E-state index in [-0.39, 0.29) is 4.90 Å². The van der Waals surface area contributed by atoms with Crippen LogP contribution in [0.15, 0.2) is 41.3 Å². The Morgan fingerprint density at radius 2 is 2.06 bits per heavy atom. The van der Waals surface area contributed by atoms with Gasteiger partial charge in [-0.2, -0.15) is 0 Å². The van der Waals surface area contributed by atoms with Crippen LogP contribution in [0.1, 0.15) is 5.69 Å². The van der Waals surface area contributed by atoms with Gasteiger partial charge in [0.15, 0.2) is 0 Å². The second-order valence-corrected chi connectivity index (χ2v) is 4.54. The summed E-state index contributed by atoms with van der Waals surface area (Å²) in [5, 5.41) is 0. The zero-order valence-electron chi connectivity index (χ0n) is 9.36. The van der Waals surface area contributed by atoms with Gasteiger partial charge >= 0.3 is 0 Å². The lowest BCUT2D eigenvalue weighted by Crippen LogP contribution is -2.08. The van der Waals surface area contributed by atoms with Crippen molar-refractivity contribution in [2.75, 3.05) is 5.43 Å². The van der Waals surface area contributed by atoms with Crippen LogP contribution < -0.4 is 11.3 Å². The van der Waals surface area contributed by atoms with E-state index in [0.717, 1.165) is 17.8 Å². The number of rotatable bonds is 4. The summed E-state index contributed by atoms with van der Waals surface area (Å²) in [5.74, 6) is 5.33. The molecule has 1 heterocycles. The number of pyridine rings is 1. The van der Waals surface area contributed by atoms with E-state index in [1.54, 1.807) is 18.2 Å². The number of benzene rings is 1. The van der Waals surface area contributed by atoms with Gasteiger partial charge in [0.2, 0.25) is 0 Å². The number of nitrogens with two attached hydrogens (primary N) is 1. The van der Waals surface area contributed by atoms with Crippen LogP contribution >= 0.6 is 11.8 Å². The number of nitrogen functional groups attached to an aromatic ring is 1. The molecule has 1 aromatic heterocycles. The number of nitrogens with one attached hydrogen (secondary N) is 1. The third-order valence-corrected chi connectivity index (χ3v) is 3.29. The van der Waals surface area contributed by atoms with E-state index >= 15 is 0 Å². The highest BCUT2D eigenvalue weighted by Gasteiger charge is 2.05. The van der Waals surface area contributed by atoms with Gasteiger partial charge in [0, 0.05) is 10.6 Å². The molecule has 2 aromatic rings. The number of nitrogens with zero attached hydrogens (tertiary/aromatic N) is 1. The zero-order chi connectivity index (χ0) is 13.0. The fourth-order valence-electron chi connectivity index (χ4n) is 1.38. The zero-order valence-corrected chi connectivity index (χ0v) is 10.2. The highest BCUT2D eigenvalue weighted by Crippen LogP contribution is 2.25. The second-order valence-electron chi connectivity index (χ2n) is 3.52. The van der Waals surface area contributed by atoms with Crippen LogP contribution in [0.2, 0.25) is 0 Å². The summed E-state index contributed by atoms with van der Waals surface area (Å²) in [7, 11) is 0. The largest absolute Gasteiger partial charge is 0.308 e. The molecule has 94 valence electrons. The van der Waals surface area contributed by atoms with Crippen molar-refractivity contribution in [1.82, 2.24) is 4.98 Å². The van der Waals surface area contributed by atoms with Crippen LogP contribution in [0.25, 0.3) is 0 Å². The van der Waals surface area contributed by atoms with Crippen LogP contribution in [0.3, 0.4) is 0 Å². The van der Waals surface area contributed by atoms with Gasteiger partial charge in [-0.1, -0.05) is 6.07 Å². The first-order valence-corrected chi connectivity index (χ1v) is 6.18. The number of hydrogen-bond donors (Lipinski definition) is 2. The summed E-state index contributed by atoms with van der Waals surface area (Å²) in [6, 6.07) is 8.69. The Labute approximate surface area is 107 Å². The highest BCUT2D eigenvalue weighted by atomic mass is 32.2. The summed E-state index contributed by atoms with van der Waals surface area (Å²) in [6.45, 7) is 0. The molecular formula is C12H11F2N3S. The molecular weight excluding hydrogens is 256 g/mol.